The second kappa shape index (κ2) is 6.94. The molecule has 1 aromatic carbocycles. The second-order valence-electron chi connectivity index (χ2n) is 6.27. The number of rotatable bonds is 6. The van der Waals surface area contributed by atoms with E-state index >= 15 is 0 Å². The highest BCUT2D eigenvalue weighted by Crippen LogP contribution is 2.23. The fourth-order valence-corrected chi connectivity index (χ4v) is 2.50. The van der Waals surface area contributed by atoms with Crippen LogP contribution in [0.1, 0.15) is 18.1 Å². The quantitative estimate of drug-likeness (QED) is 0.540. The van der Waals surface area contributed by atoms with E-state index in [0.29, 0.717) is 30.4 Å². The molecule has 8 heteroatoms. The Morgan fingerprint density at radius 2 is 2.08 bits per heavy atom. The minimum Gasteiger partial charge on any atom is -0.508 e. The Kier molecular flexibility index (Phi) is 4.71. The Balaban J connectivity index is 1.89. The number of anilines is 2. The number of nitrogens with zero attached hydrogens (tertiary/aromatic N) is 4. The molecule has 0 amide bonds. The molecule has 2 heterocycles. The number of imidazole rings is 1. The van der Waals surface area contributed by atoms with Gasteiger partial charge in [-0.25, -0.2) is 4.98 Å². The van der Waals surface area contributed by atoms with Crippen molar-refractivity contribution >= 4 is 22.9 Å². The van der Waals surface area contributed by atoms with Gasteiger partial charge in [0, 0.05) is 31.7 Å². The highest BCUT2D eigenvalue weighted by Gasteiger charge is 2.13. The molecule has 0 spiro atoms. The molecule has 3 aromatic rings. The maximum Gasteiger partial charge on any atom is 0.226 e. The molecule has 1 atom stereocenters. The van der Waals surface area contributed by atoms with Crippen molar-refractivity contribution in [2.24, 2.45) is 12.8 Å². The van der Waals surface area contributed by atoms with E-state index in [4.69, 9.17) is 5.73 Å². The van der Waals surface area contributed by atoms with Crippen molar-refractivity contribution in [2.45, 2.75) is 26.4 Å². The van der Waals surface area contributed by atoms with Crippen LogP contribution in [0.2, 0.25) is 0 Å². The molecule has 0 aliphatic heterocycles. The largest absolute Gasteiger partial charge is 0.508 e. The maximum absolute atomic E-state index is 10.0. The smallest absolute Gasteiger partial charge is 0.226 e. The van der Waals surface area contributed by atoms with Crippen LogP contribution in [0.3, 0.4) is 0 Å². The average Bonchev–Trinajstić information content (AvgIpc) is 2.95. The number of hydrogen-bond acceptors (Lipinski definition) is 7. The summed E-state index contributed by atoms with van der Waals surface area (Å²) in [4.78, 5) is 13.4. The third-order valence-electron chi connectivity index (χ3n) is 3.82. The van der Waals surface area contributed by atoms with Crippen LogP contribution in [0, 0.1) is 6.92 Å². The fraction of sp³-hybridized carbons (Fsp3) is 0.353. The van der Waals surface area contributed by atoms with E-state index in [1.54, 1.807) is 12.4 Å². The summed E-state index contributed by atoms with van der Waals surface area (Å²) in [5.74, 6) is 1.35. The molecule has 3 rings (SSSR count). The normalized spacial score (nSPS) is 12.3. The maximum atomic E-state index is 10.0. The van der Waals surface area contributed by atoms with Crippen molar-refractivity contribution in [2.75, 3.05) is 17.2 Å². The second-order valence-corrected chi connectivity index (χ2v) is 6.27. The van der Waals surface area contributed by atoms with Gasteiger partial charge < -0.3 is 26.0 Å². The monoisotopic (exact) mass is 341 g/mol. The summed E-state index contributed by atoms with van der Waals surface area (Å²) in [7, 11) is 1.88. The summed E-state index contributed by atoms with van der Waals surface area (Å²) in [5.41, 5.74) is 9.07. The van der Waals surface area contributed by atoms with Gasteiger partial charge in [0.25, 0.3) is 0 Å². The number of phenolic OH excluding ortho intramolecular Hbond substituents is 1. The Morgan fingerprint density at radius 3 is 2.84 bits per heavy atom. The number of nitrogens with one attached hydrogen (secondary N) is 2. The molecular formula is C17H23N7O. The summed E-state index contributed by atoms with van der Waals surface area (Å²) in [6.07, 6.45) is 1.70. The fourth-order valence-electron chi connectivity index (χ4n) is 2.50. The first-order chi connectivity index (χ1) is 11.9. The molecule has 2 aromatic heterocycles. The van der Waals surface area contributed by atoms with Gasteiger partial charge in [-0.05, 0) is 19.9 Å². The molecular weight excluding hydrogens is 318 g/mol. The van der Waals surface area contributed by atoms with Gasteiger partial charge in [-0.2, -0.15) is 9.97 Å². The predicted octanol–water partition coefficient (Wildman–Crippen LogP) is 1.75. The average molecular weight is 341 g/mol. The van der Waals surface area contributed by atoms with Gasteiger partial charge in [-0.1, -0.05) is 17.7 Å². The molecule has 25 heavy (non-hydrogen) atoms. The Bertz CT molecular complexity index is 888. The van der Waals surface area contributed by atoms with Gasteiger partial charge in [0.1, 0.15) is 5.75 Å². The molecule has 0 aliphatic rings. The molecule has 0 bridgehead atoms. The van der Waals surface area contributed by atoms with Crippen LogP contribution in [0.4, 0.5) is 11.8 Å². The Morgan fingerprint density at radius 1 is 1.28 bits per heavy atom. The van der Waals surface area contributed by atoms with Gasteiger partial charge in [0.15, 0.2) is 17.0 Å². The van der Waals surface area contributed by atoms with Crippen LogP contribution >= 0.6 is 0 Å². The number of aromatic hydroxyl groups is 1. The molecule has 0 saturated carbocycles. The third-order valence-corrected chi connectivity index (χ3v) is 3.82. The Labute approximate surface area is 146 Å². The lowest BCUT2D eigenvalue weighted by Gasteiger charge is -2.12. The summed E-state index contributed by atoms with van der Waals surface area (Å²) >= 11 is 0. The first kappa shape index (κ1) is 17.0. The zero-order chi connectivity index (χ0) is 18.0. The molecule has 0 radical (unpaired) electrons. The van der Waals surface area contributed by atoms with Crippen molar-refractivity contribution in [1.82, 2.24) is 19.5 Å². The van der Waals surface area contributed by atoms with Crippen molar-refractivity contribution in [3.05, 3.63) is 35.7 Å². The topological polar surface area (TPSA) is 114 Å². The van der Waals surface area contributed by atoms with Crippen molar-refractivity contribution in [1.29, 1.82) is 0 Å². The van der Waals surface area contributed by atoms with Gasteiger partial charge in [0.05, 0.1) is 6.33 Å². The van der Waals surface area contributed by atoms with E-state index in [1.807, 2.05) is 37.6 Å². The van der Waals surface area contributed by atoms with Crippen LogP contribution in [-0.4, -0.2) is 37.2 Å². The SMILES string of the molecule is Cc1ccc(O)c(CNc2nc(NCC(C)N)nc3c2ncn3C)c1. The lowest BCUT2D eigenvalue weighted by molar-refractivity contribution is 0.469. The van der Waals surface area contributed by atoms with E-state index in [9.17, 15) is 5.11 Å². The van der Waals surface area contributed by atoms with E-state index in [1.165, 1.54) is 0 Å². The van der Waals surface area contributed by atoms with Crippen LogP contribution in [-0.2, 0) is 13.6 Å². The summed E-state index contributed by atoms with van der Waals surface area (Å²) < 4.78 is 1.84. The molecule has 0 aliphatic carbocycles. The molecule has 8 nitrogen and oxygen atoms in total. The minimum atomic E-state index is -0.00788. The van der Waals surface area contributed by atoms with Crippen molar-refractivity contribution in [3.63, 3.8) is 0 Å². The van der Waals surface area contributed by atoms with Gasteiger partial charge in [0.2, 0.25) is 5.95 Å². The lowest BCUT2D eigenvalue weighted by atomic mass is 10.1. The highest BCUT2D eigenvalue weighted by atomic mass is 16.3. The van der Waals surface area contributed by atoms with Gasteiger partial charge >= 0.3 is 0 Å². The first-order valence-corrected chi connectivity index (χ1v) is 8.15. The number of hydrogen-bond donors (Lipinski definition) is 4. The van der Waals surface area contributed by atoms with Crippen LogP contribution in [0.25, 0.3) is 11.2 Å². The van der Waals surface area contributed by atoms with Crippen LogP contribution in [0.15, 0.2) is 24.5 Å². The van der Waals surface area contributed by atoms with Gasteiger partial charge in [-0.15, -0.1) is 0 Å². The molecule has 0 saturated heterocycles. The number of nitrogens with two attached hydrogens (primary N) is 1. The van der Waals surface area contributed by atoms with Crippen LogP contribution < -0.4 is 16.4 Å². The van der Waals surface area contributed by atoms with E-state index in [2.05, 4.69) is 25.6 Å². The van der Waals surface area contributed by atoms with E-state index < -0.39 is 0 Å². The lowest BCUT2D eigenvalue weighted by Crippen LogP contribution is -2.26. The zero-order valence-corrected chi connectivity index (χ0v) is 14.6. The summed E-state index contributed by atoms with van der Waals surface area (Å²) in [5, 5.41) is 16.4. The first-order valence-electron chi connectivity index (χ1n) is 8.15. The standard InChI is InChI=1S/C17H23N7O/c1-10-4-5-13(25)12(6-10)8-19-15-14-16(24(3)9-21-14)23-17(22-15)20-7-11(2)18/h4-6,9,11,25H,7-8,18H2,1-3H3,(H2,19,20,22,23). The molecule has 132 valence electrons. The van der Waals surface area contributed by atoms with Crippen molar-refractivity contribution in [3.8, 4) is 5.75 Å². The summed E-state index contributed by atoms with van der Waals surface area (Å²) in [6.45, 7) is 4.90. The van der Waals surface area contributed by atoms with Crippen LogP contribution in [0.5, 0.6) is 5.75 Å². The molecule has 1 unspecified atom stereocenters. The van der Waals surface area contributed by atoms with Crippen molar-refractivity contribution < 1.29 is 5.11 Å². The highest BCUT2D eigenvalue weighted by molar-refractivity contribution is 5.84. The summed E-state index contributed by atoms with van der Waals surface area (Å²) in [6, 6.07) is 5.50. The van der Waals surface area contributed by atoms with E-state index in [-0.39, 0.29) is 11.8 Å². The van der Waals surface area contributed by atoms with Gasteiger partial charge in [-0.3, -0.25) is 0 Å². The number of aryl methyl sites for hydroxylation is 2. The predicted molar refractivity (Wildman–Crippen MR) is 98.6 cm³/mol. The number of fused-ring (bicyclic) bond motifs is 1. The minimum absolute atomic E-state index is 0.00788. The molecule has 5 N–H and O–H groups in total. The molecule has 0 fully saturated rings. The number of phenols is 1. The number of benzene rings is 1. The van der Waals surface area contributed by atoms with E-state index in [0.717, 1.165) is 16.8 Å². The third kappa shape index (κ3) is 3.80. The number of aromatic nitrogens is 4. The Hall–Kier alpha value is -2.87. The zero-order valence-electron chi connectivity index (χ0n) is 14.6.